The molecule has 0 spiro atoms. The Bertz CT molecular complexity index is 563. The monoisotopic (exact) mass is 307 g/mol. The Morgan fingerprint density at radius 1 is 1.41 bits per heavy atom. The lowest BCUT2D eigenvalue weighted by Crippen LogP contribution is -2.40. The molecule has 1 aliphatic carbocycles. The molecule has 1 N–H and O–H groups in total. The molecule has 7 nitrogen and oxygen atoms in total. The van der Waals surface area contributed by atoms with Crippen LogP contribution >= 0.6 is 0 Å². The zero-order valence-corrected chi connectivity index (χ0v) is 12.6. The van der Waals surface area contributed by atoms with Crippen molar-refractivity contribution in [2.45, 2.75) is 38.3 Å². The van der Waals surface area contributed by atoms with Crippen LogP contribution in [0.15, 0.2) is 12.4 Å². The van der Waals surface area contributed by atoms with Crippen LogP contribution in [0.25, 0.3) is 0 Å². The number of piperidine rings is 1. The number of rotatable bonds is 5. The number of carbonyl (C=O) groups excluding carboxylic acids is 1. The number of aromatic nitrogens is 2. The quantitative estimate of drug-likeness (QED) is 0.882. The predicted octanol–water partition coefficient (Wildman–Crippen LogP) is 1.17. The second-order valence-electron chi connectivity index (χ2n) is 5.91. The van der Waals surface area contributed by atoms with Crippen molar-refractivity contribution in [1.29, 1.82) is 0 Å². The van der Waals surface area contributed by atoms with Crippen molar-refractivity contribution >= 4 is 11.9 Å². The summed E-state index contributed by atoms with van der Waals surface area (Å²) in [5, 5.41) is 13.1. The van der Waals surface area contributed by atoms with E-state index in [1.165, 1.54) is 6.20 Å². The summed E-state index contributed by atoms with van der Waals surface area (Å²) in [5.74, 6) is -0.724. The number of carboxylic acids is 1. The van der Waals surface area contributed by atoms with Crippen molar-refractivity contribution < 1.29 is 19.4 Å². The Morgan fingerprint density at radius 3 is 2.73 bits per heavy atom. The van der Waals surface area contributed by atoms with Crippen LogP contribution in [-0.4, -0.2) is 57.5 Å². The van der Waals surface area contributed by atoms with Crippen molar-refractivity contribution in [3.05, 3.63) is 18.0 Å². The molecule has 0 bridgehead atoms. The van der Waals surface area contributed by atoms with Gasteiger partial charge in [-0.05, 0) is 26.2 Å². The maximum absolute atomic E-state index is 12.3. The number of likely N-dealkylation sites (tertiary alicyclic amines) is 1. The Labute approximate surface area is 128 Å². The first-order valence-corrected chi connectivity index (χ1v) is 7.78. The van der Waals surface area contributed by atoms with Crippen molar-refractivity contribution in [2.75, 3.05) is 19.7 Å². The van der Waals surface area contributed by atoms with E-state index in [0.717, 1.165) is 19.3 Å². The van der Waals surface area contributed by atoms with Gasteiger partial charge in [0, 0.05) is 25.9 Å². The number of nitrogens with zero attached hydrogens (tertiary/aromatic N) is 3. The van der Waals surface area contributed by atoms with Gasteiger partial charge in [-0.1, -0.05) is 0 Å². The van der Waals surface area contributed by atoms with E-state index < -0.39 is 5.97 Å². The van der Waals surface area contributed by atoms with Crippen LogP contribution in [0.4, 0.5) is 0 Å². The van der Waals surface area contributed by atoms with Crippen LogP contribution in [-0.2, 0) is 9.53 Å². The van der Waals surface area contributed by atoms with Crippen LogP contribution in [0.2, 0.25) is 0 Å². The molecule has 7 heteroatoms. The summed E-state index contributed by atoms with van der Waals surface area (Å²) < 4.78 is 7.19. The van der Waals surface area contributed by atoms with E-state index in [1.807, 2.05) is 11.8 Å². The first-order valence-electron chi connectivity index (χ1n) is 7.78. The van der Waals surface area contributed by atoms with E-state index >= 15 is 0 Å². The van der Waals surface area contributed by atoms with E-state index in [-0.39, 0.29) is 29.5 Å². The largest absolute Gasteiger partial charge is 0.478 e. The normalized spacial score (nSPS) is 25.2. The van der Waals surface area contributed by atoms with Gasteiger partial charge in [-0.2, -0.15) is 5.10 Å². The molecule has 1 amide bonds. The molecule has 1 aliphatic heterocycles. The molecule has 120 valence electrons. The molecule has 0 aromatic carbocycles. The fourth-order valence-electron chi connectivity index (χ4n) is 3.06. The van der Waals surface area contributed by atoms with Gasteiger partial charge in [-0.15, -0.1) is 0 Å². The number of aromatic carboxylic acids is 1. The lowest BCUT2D eigenvalue weighted by Gasteiger charge is -2.32. The summed E-state index contributed by atoms with van der Waals surface area (Å²) in [6.07, 6.45) is 5.50. The lowest BCUT2D eigenvalue weighted by atomic mass is 10.0. The summed E-state index contributed by atoms with van der Waals surface area (Å²) in [7, 11) is 0. The number of carboxylic acid groups (broad SMARTS) is 1. The van der Waals surface area contributed by atoms with Gasteiger partial charge in [0.1, 0.15) is 0 Å². The van der Waals surface area contributed by atoms with E-state index in [1.54, 1.807) is 10.9 Å². The summed E-state index contributed by atoms with van der Waals surface area (Å²) in [6, 6.07) is 0.166. The van der Waals surface area contributed by atoms with Crippen LogP contribution in [0.3, 0.4) is 0 Å². The van der Waals surface area contributed by atoms with Gasteiger partial charge in [-0.3, -0.25) is 9.48 Å². The van der Waals surface area contributed by atoms with Gasteiger partial charge in [0.05, 0.1) is 29.8 Å². The van der Waals surface area contributed by atoms with Crippen molar-refractivity contribution in [3.63, 3.8) is 0 Å². The van der Waals surface area contributed by atoms with Gasteiger partial charge in [0.2, 0.25) is 5.91 Å². The molecule has 2 heterocycles. The minimum Gasteiger partial charge on any atom is -0.478 e. The van der Waals surface area contributed by atoms with Gasteiger partial charge in [-0.25, -0.2) is 4.79 Å². The molecule has 1 aromatic rings. The number of hydrogen-bond acceptors (Lipinski definition) is 4. The third kappa shape index (κ3) is 2.99. The summed E-state index contributed by atoms with van der Waals surface area (Å²) >= 11 is 0. The average molecular weight is 307 g/mol. The number of carbonyl (C=O) groups is 2. The fraction of sp³-hybridized carbons (Fsp3) is 0.667. The highest BCUT2D eigenvalue weighted by Crippen LogP contribution is 2.36. The summed E-state index contributed by atoms with van der Waals surface area (Å²) in [6.45, 7) is 3.99. The molecular formula is C15H21N3O4. The number of hydrogen-bond donors (Lipinski definition) is 1. The van der Waals surface area contributed by atoms with Crippen LogP contribution in [0.5, 0.6) is 0 Å². The minimum atomic E-state index is -0.963. The van der Waals surface area contributed by atoms with Gasteiger partial charge < -0.3 is 14.7 Å². The lowest BCUT2D eigenvalue weighted by molar-refractivity contribution is -0.134. The first-order chi connectivity index (χ1) is 10.6. The standard InChI is InChI=1S/C15H21N3O4/c1-2-22-13-7-12(13)14(19)17-5-3-11(4-6-17)18-9-10(8-16-18)15(20)21/h8-9,11-13H,2-7H2,1H3,(H,20,21)/t12-,13+/m0/s1. The maximum atomic E-state index is 12.3. The molecule has 22 heavy (non-hydrogen) atoms. The second-order valence-corrected chi connectivity index (χ2v) is 5.91. The van der Waals surface area contributed by atoms with Gasteiger partial charge in [0.25, 0.3) is 0 Å². The fourth-order valence-corrected chi connectivity index (χ4v) is 3.06. The smallest absolute Gasteiger partial charge is 0.338 e. The van der Waals surface area contributed by atoms with Crippen LogP contribution < -0.4 is 0 Å². The molecule has 0 unspecified atom stereocenters. The zero-order valence-electron chi connectivity index (χ0n) is 12.6. The number of amides is 1. The van der Waals surface area contributed by atoms with E-state index in [0.29, 0.717) is 19.7 Å². The highest BCUT2D eigenvalue weighted by Gasteiger charge is 2.46. The molecular weight excluding hydrogens is 286 g/mol. The average Bonchev–Trinajstić information content (AvgIpc) is 3.10. The van der Waals surface area contributed by atoms with Gasteiger partial charge >= 0.3 is 5.97 Å². The molecule has 2 fully saturated rings. The molecule has 2 aliphatic rings. The Balaban J connectivity index is 1.52. The molecule has 1 saturated heterocycles. The second kappa shape index (κ2) is 6.08. The third-order valence-electron chi connectivity index (χ3n) is 4.43. The molecule has 3 rings (SSSR count). The molecule has 2 atom stereocenters. The van der Waals surface area contributed by atoms with Crippen molar-refractivity contribution in [1.82, 2.24) is 14.7 Å². The zero-order chi connectivity index (χ0) is 15.7. The topological polar surface area (TPSA) is 84.7 Å². The predicted molar refractivity (Wildman–Crippen MR) is 77.6 cm³/mol. The van der Waals surface area contributed by atoms with E-state index in [4.69, 9.17) is 9.84 Å². The highest BCUT2D eigenvalue weighted by atomic mass is 16.5. The third-order valence-corrected chi connectivity index (χ3v) is 4.43. The molecule has 0 radical (unpaired) electrons. The van der Waals surface area contributed by atoms with Crippen molar-refractivity contribution in [3.8, 4) is 0 Å². The Kier molecular flexibility index (Phi) is 4.15. The van der Waals surface area contributed by atoms with Crippen LogP contribution in [0, 0.1) is 5.92 Å². The maximum Gasteiger partial charge on any atom is 0.338 e. The molecule has 1 aromatic heterocycles. The SMILES string of the molecule is CCO[C@@H]1C[C@@H]1C(=O)N1CCC(n2cc(C(=O)O)cn2)CC1. The summed E-state index contributed by atoms with van der Waals surface area (Å²) in [4.78, 5) is 25.1. The minimum absolute atomic E-state index is 0.0415. The van der Waals surface area contributed by atoms with Crippen LogP contribution in [0.1, 0.15) is 42.6 Å². The first kappa shape index (κ1) is 15.0. The number of ether oxygens (including phenoxy) is 1. The Morgan fingerprint density at radius 2 is 2.14 bits per heavy atom. The highest BCUT2D eigenvalue weighted by molar-refractivity contribution is 5.86. The van der Waals surface area contributed by atoms with Crippen molar-refractivity contribution in [2.24, 2.45) is 5.92 Å². The molecule has 1 saturated carbocycles. The summed E-state index contributed by atoms with van der Waals surface area (Å²) in [5.41, 5.74) is 0.205. The Hall–Kier alpha value is -1.89. The van der Waals surface area contributed by atoms with E-state index in [2.05, 4.69) is 5.10 Å². The van der Waals surface area contributed by atoms with Gasteiger partial charge in [0.15, 0.2) is 0 Å². The van der Waals surface area contributed by atoms with E-state index in [9.17, 15) is 9.59 Å².